The first kappa shape index (κ1) is 9.47. The molecule has 0 saturated carbocycles. The lowest BCUT2D eigenvalue weighted by Crippen LogP contribution is -2.38. The Morgan fingerprint density at radius 1 is 1.23 bits per heavy atom. The minimum atomic E-state index is 0.838. The van der Waals surface area contributed by atoms with Gasteiger partial charge in [0.15, 0.2) is 0 Å². The van der Waals surface area contributed by atoms with Crippen LogP contribution >= 0.6 is 0 Å². The van der Waals surface area contributed by atoms with E-state index in [-0.39, 0.29) is 0 Å². The van der Waals surface area contributed by atoms with Crippen LogP contribution in [0, 0.1) is 5.92 Å². The maximum atomic E-state index is 5.41. The third kappa shape index (κ3) is 2.44. The highest BCUT2D eigenvalue weighted by atomic mass is 16.5. The SMILES string of the molecule is CCOCCC1C[C@H]2CC[C@@H](C1)N2. The second kappa shape index (κ2) is 4.43. The van der Waals surface area contributed by atoms with Crippen molar-refractivity contribution in [2.75, 3.05) is 13.2 Å². The standard InChI is InChI=1S/C11H21NO/c1-2-13-6-5-9-7-10-3-4-11(8-9)12-10/h9-12H,2-8H2,1H3/t9?,10-,11+. The van der Waals surface area contributed by atoms with Crippen LogP contribution in [0.2, 0.25) is 0 Å². The van der Waals surface area contributed by atoms with Crippen LogP contribution in [0.3, 0.4) is 0 Å². The van der Waals surface area contributed by atoms with Crippen LogP contribution in [0.25, 0.3) is 0 Å². The largest absolute Gasteiger partial charge is 0.382 e. The van der Waals surface area contributed by atoms with E-state index in [0.717, 1.165) is 31.2 Å². The molecule has 2 fully saturated rings. The fourth-order valence-corrected chi connectivity index (χ4v) is 2.81. The van der Waals surface area contributed by atoms with Crippen LogP contribution in [0.1, 0.15) is 39.0 Å². The number of piperidine rings is 1. The third-order valence-electron chi connectivity index (χ3n) is 3.45. The number of rotatable bonds is 4. The Hall–Kier alpha value is -0.0800. The van der Waals surface area contributed by atoms with Gasteiger partial charge in [0, 0.05) is 25.3 Å². The van der Waals surface area contributed by atoms with Crippen molar-refractivity contribution in [3.63, 3.8) is 0 Å². The van der Waals surface area contributed by atoms with Crippen LogP contribution in [0.4, 0.5) is 0 Å². The molecule has 0 radical (unpaired) electrons. The van der Waals surface area contributed by atoms with Crippen LogP contribution in [0.5, 0.6) is 0 Å². The average molecular weight is 183 g/mol. The molecule has 0 aromatic rings. The van der Waals surface area contributed by atoms with Gasteiger partial charge < -0.3 is 10.1 Å². The van der Waals surface area contributed by atoms with Gasteiger partial charge in [-0.05, 0) is 44.9 Å². The number of ether oxygens (including phenoxy) is 1. The Kier molecular flexibility index (Phi) is 3.23. The molecule has 0 amide bonds. The normalized spacial score (nSPS) is 38.1. The summed E-state index contributed by atoms with van der Waals surface area (Å²) in [6, 6.07) is 1.68. The molecule has 1 unspecified atom stereocenters. The molecule has 2 saturated heterocycles. The minimum absolute atomic E-state index is 0.838. The summed E-state index contributed by atoms with van der Waals surface area (Å²) in [5.74, 6) is 0.935. The smallest absolute Gasteiger partial charge is 0.0468 e. The highest BCUT2D eigenvalue weighted by molar-refractivity contribution is 4.91. The van der Waals surface area contributed by atoms with E-state index in [9.17, 15) is 0 Å². The van der Waals surface area contributed by atoms with E-state index >= 15 is 0 Å². The fourth-order valence-electron chi connectivity index (χ4n) is 2.81. The molecule has 0 spiro atoms. The van der Waals surface area contributed by atoms with Crippen LogP contribution in [-0.4, -0.2) is 25.3 Å². The third-order valence-corrected chi connectivity index (χ3v) is 3.45. The van der Waals surface area contributed by atoms with Gasteiger partial charge in [0.25, 0.3) is 0 Å². The molecule has 2 heterocycles. The molecule has 2 bridgehead atoms. The molecule has 76 valence electrons. The zero-order chi connectivity index (χ0) is 9.10. The van der Waals surface area contributed by atoms with Crippen LogP contribution < -0.4 is 5.32 Å². The Morgan fingerprint density at radius 3 is 2.54 bits per heavy atom. The highest BCUT2D eigenvalue weighted by Crippen LogP contribution is 2.32. The zero-order valence-corrected chi connectivity index (χ0v) is 8.59. The summed E-state index contributed by atoms with van der Waals surface area (Å²) < 4.78 is 5.41. The molecule has 13 heavy (non-hydrogen) atoms. The van der Waals surface area contributed by atoms with Gasteiger partial charge in [-0.15, -0.1) is 0 Å². The molecule has 0 aliphatic carbocycles. The lowest BCUT2D eigenvalue weighted by molar-refractivity contribution is 0.121. The second-order valence-corrected chi connectivity index (χ2v) is 4.46. The first-order chi connectivity index (χ1) is 6.38. The summed E-state index contributed by atoms with van der Waals surface area (Å²) in [6.07, 6.45) is 6.89. The molecular weight excluding hydrogens is 162 g/mol. The monoisotopic (exact) mass is 183 g/mol. The summed E-state index contributed by atoms with van der Waals surface area (Å²) in [6.45, 7) is 3.92. The van der Waals surface area contributed by atoms with Crippen molar-refractivity contribution in [1.82, 2.24) is 5.32 Å². The Morgan fingerprint density at radius 2 is 1.92 bits per heavy atom. The van der Waals surface area contributed by atoms with Gasteiger partial charge in [-0.25, -0.2) is 0 Å². The van der Waals surface area contributed by atoms with Crippen LogP contribution in [0.15, 0.2) is 0 Å². The van der Waals surface area contributed by atoms with E-state index < -0.39 is 0 Å². The summed E-state index contributed by atoms with van der Waals surface area (Å²) >= 11 is 0. The van der Waals surface area contributed by atoms with Crippen LogP contribution in [-0.2, 0) is 4.74 Å². The van der Waals surface area contributed by atoms with E-state index in [4.69, 9.17) is 4.74 Å². The summed E-state index contributed by atoms with van der Waals surface area (Å²) in [5.41, 5.74) is 0. The first-order valence-corrected chi connectivity index (χ1v) is 5.72. The first-order valence-electron chi connectivity index (χ1n) is 5.72. The van der Waals surface area contributed by atoms with Crippen molar-refractivity contribution >= 4 is 0 Å². The number of hydrogen-bond donors (Lipinski definition) is 1. The number of fused-ring (bicyclic) bond motifs is 2. The molecule has 0 aromatic carbocycles. The molecule has 3 atom stereocenters. The van der Waals surface area contributed by atoms with Gasteiger partial charge in [-0.2, -0.15) is 0 Å². The maximum Gasteiger partial charge on any atom is 0.0468 e. The minimum Gasteiger partial charge on any atom is -0.382 e. The Balaban J connectivity index is 1.69. The van der Waals surface area contributed by atoms with Crippen molar-refractivity contribution in [2.24, 2.45) is 5.92 Å². The van der Waals surface area contributed by atoms with Crippen molar-refractivity contribution in [3.05, 3.63) is 0 Å². The lowest BCUT2D eigenvalue weighted by atomic mass is 9.90. The molecule has 2 aliphatic heterocycles. The topological polar surface area (TPSA) is 21.3 Å². The Labute approximate surface area is 81.0 Å². The van der Waals surface area contributed by atoms with Crippen molar-refractivity contribution in [1.29, 1.82) is 0 Å². The van der Waals surface area contributed by atoms with Gasteiger partial charge in [-0.3, -0.25) is 0 Å². The summed E-state index contributed by atoms with van der Waals surface area (Å²) in [7, 11) is 0. The predicted octanol–water partition coefficient (Wildman–Crippen LogP) is 1.94. The van der Waals surface area contributed by atoms with Gasteiger partial charge in [0.05, 0.1) is 0 Å². The molecule has 2 aliphatic rings. The fraction of sp³-hybridized carbons (Fsp3) is 1.00. The zero-order valence-electron chi connectivity index (χ0n) is 8.59. The van der Waals surface area contributed by atoms with Gasteiger partial charge in [0.1, 0.15) is 0 Å². The highest BCUT2D eigenvalue weighted by Gasteiger charge is 2.32. The average Bonchev–Trinajstić information content (AvgIpc) is 2.46. The summed E-state index contributed by atoms with van der Waals surface area (Å²) in [5, 5.41) is 3.67. The van der Waals surface area contributed by atoms with E-state index in [1.165, 1.54) is 32.1 Å². The number of nitrogens with one attached hydrogen (secondary N) is 1. The summed E-state index contributed by atoms with van der Waals surface area (Å²) in [4.78, 5) is 0. The molecule has 2 nitrogen and oxygen atoms in total. The second-order valence-electron chi connectivity index (χ2n) is 4.46. The van der Waals surface area contributed by atoms with Crippen molar-refractivity contribution in [3.8, 4) is 0 Å². The van der Waals surface area contributed by atoms with Crippen molar-refractivity contribution < 1.29 is 4.74 Å². The molecule has 0 aromatic heterocycles. The van der Waals surface area contributed by atoms with Gasteiger partial charge >= 0.3 is 0 Å². The van der Waals surface area contributed by atoms with Gasteiger partial charge in [0.2, 0.25) is 0 Å². The Bertz CT molecular complexity index is 148. The molecule has 1 N–H and O–H groups in total. The lowest BCUT2D eigenvalue weighted by Gasteiger charge is -2.28. The van der Waals surface area contributed by atoms with Gasteiger partial charge in [-0.1, -0.05) is 0 Å². The van der Waals surface area contributed by atoms with E-state index in [1.54, 1.807) is 0 Å². The van der Waals surface area contributed by atoms with E-state index in [2.05, 4.69) is 12.2 Å². The quantitative estimate of drug-likeness (QED) is 0.673. The predicted molar refractivity (Wildman–Crippen MR) is 53.8 cm³/mol. The van der Waals surface area contributed by atoms with E-state index in [0.29, 0.717) is 0 Å². The van der Waals surface area contributed by atoms with Crippen molar-refractivity contribution in [2.45, 2.75) is 51.1 Å². The molecule has 2 heteroatoms. The molecule has 2 rings (SSSR count). The van der Waals surface area contributed by atoms with E-state index in [1.807, 2.05) is 0 Å². The number of hydrogen-bond acceptors (Lipinski definition) is 2. The maximum absolute atomic E-state index is 5.41. The molecular formula is C11H21NO.